The molecule has 0 aromatic rings. The normalized spacial score (nSPS) is 11.7. The smallest absolute Gasteiger partial charge is 0.134 e. The molecule has 0 heterocycles. The van der Waals surface area contributed by atoms with E-state index in [9.17, 15) is 4.79 Å². The summed E-state index contributed by atoms with van der Waals surface area (Å²) in [5, 5.41) is 0. The van der Waals surface area contributed by atoms with Crippen molar-refractivity contribution in [1.82, 2.24) is 0 Å². The van der Waals surface area contributed by atoms with Crippen LogP contribution < -0.4 is 0 Å². The van der Waals surface area contributed by atoms with Gasteiger partial charge in [-0.3, -0.25) is 4.79 Å². The van der Waals surface area contributed by atoms with Crippen molar-refractivity contribution in [3.63, 3.8) is 0 Å². The molecule has 0 aliphatic carbocycles. The summed E-state index contributed by atoms with van der Waals surface area (Å²) in [6, 6.07) is 0. The van der Waals surface area contributed by atoms with Crippen LogP contribution in [0.25, 0.3) is 0 Å². The molecule has 0 saturated heterocycles. The van der Waals surface area contributed by atoms with Crippen molar-refractivity contribution in [3.8, 4) is 0 Å². The van der Waals surface area contributed by atoms with Crippen LogP contribution >= 0.6 is 0 Å². The van der Waals surface area contributed by atoms with Gasteiger partial charge in [-0.2, -0.15) is 0 Å². The summed E-state index contributed by atoms with van der Waals surface area (Å²) in [6.07, 6.45) is 1.19. The average molecular weight is 172 g/mol. The highest BCUT2D eigenvalue weighted by molar-refractivity contribution is 5.78. The fourth-order valence-electron chi connectivity index (χ4n) is 0.741. The summed E-state index contributed by atoms with van der Waals surface area (Å²) in [6.45, 7) is 9.54. The Labute approximate surface area is 75.3 Å². The second kappa shape index (κ2) is 5.31. The molecule has 2 heteroatoms. The molecule has 72 valence electrons. The fourth-order valence-corrected chi connectivity index (χ4v) is 0.741. The first-order valence-electron chi connectivity index (χ1n) is 4.55. The molecule has 0 rings (SSSR count). The van der Waals surface area contributed by atoms with E-state index in [1.54, 1.807) is 0 Å². The molecule has 12 heavy (non-hydrogen) atoms. The molecule has 0 radical (unpaired) electrons. The summed E-state index contributed by atoms with van der Waals surface area (Å²) in [5.41, 5.74) is 0.204. The van der Waals surface area contributed by atoms with E-state index in [0.717, 1.165) is 6.61 Å². The van der Waals surface area contributed by atoms with E-state index in [0.29, 0.717) is 19.4 Å². The van der Waals surface area contributed by atoms with Crippen molar-refractivity contribution >= 4 is 5.78 Å². The Hall–Kier alpha value is -0.370. The van der Waals surface area contributed by atoms with Gasteiger partial charge in [0, 0.05) is 12.8 Å². The Kier molecular flexibility index (Phi) is 5.14. The van der Waals surface area contributed by atoms with Gasteiger partial charge in [0.1, 0.15) is 5.78 Å². The van der Waals surface area contributed by atoms with E-state index >= 15 is 0 Å². The van der Waals surface area contributed by atoms with E-state index in [2.05, 4.69) is 20.8 Å². The molecule has 0 fully saturated rings. The molecule has 0 unspecified atom stereocenters. The van der Waals surface area contributed by atoms with E-state index in [1.165, 1.54) is 0 Å². The predicted octanol–water partition coefficient (Wildman–Crippen LogP) is 2.42. The van der Waals surface area contributed by atoms with E-state index < -0.39 is 0 Å². The highest BCUT2D eigenvalue weighted by Crippen LogP contribution is 2.12. The summed E-state index contributed by atoms with van der Waals surface area (Å²) >= 11 is 0. The number of carbonyl (C=O) groups is 1. The van der Waals surface area contributed by atoms with Gasteiger partial charge in [0.25, 0.3) is 0 Å². The zero-order valence-corrected chi connectivity index (χ0v) is 8.64. The third-order valence-electron chi connectivity index (χ3n) is 1.45. The van der Waals surface area contributed by atoms with Crippen LogP contribution in [0.2, 0.25) is 0 Å². The number of carbonyl (C=O) groups excluding carboxylic acids is 1. The van der Waals surface area contributed by atoms with Crippen molar-refractivity contribution < 1.29 is 9.53 Å². The Balaban J connectivity index is 3.28. The highest BCUT2D eigenvalue weighted by atomic mass is 16.5. The Bertz CT molecular complexity index is 133. The first kappa shape index (κ1) is 11.6. The molecule has 0 saturated carbocycles. The topological polar surface area (TPSA) is 26.3 Å². The van der Waals surface area contributed by atoms with Crippen LogP contribution in [0.1, 0.15) is 40.5 Å². The van der Waals surface area contributed by atoms with Gasteiger partial charge in [-0.1, -0.05) is 27.7 Å². The lowest BCUT2D eigenvalue weighted by atomic mass is 9.99. The highest BCUT2D eigenvalue weighted by Gasteiger charge is 2.09. The lowest BCUT2D eigenvalue weighted by Crippen LogP contribution is -2.16. The van der Waals surface area contributed by atoms with E-state index in [1.807, 2.05) is 6.92 Å². The van der Waals surface area contributed by atoms with Crippen LogP contribution in [0.5, 0.6) is 0 Å². The van der Waals surface area contributed by atoms with Crippen molar-refractivity contribution in [2.24, 2.45) is 5.41 Å². The molecule has 0 atom stereocenters. The number of Topliss-reactive ketones (excluding diaryl/α,β-unsaturated/α-hetero) is 1. The molecule has 0 aromatic carbocycles. The Morgan fingerprint density at radius 3 is 2.33 bits per heavy atom. The molecule has 0 N–H and O–H groups in total. The third kappa shape index (κ3) is 7.73. The molecule has 0 bridgehead atoms. The van der Waals surface area contributed by atoms with Gasteiger partial charge in [0.05, 0.1) is 13.2 Å². The first-order valence-corrected chi connectivity index (χ1v) is 4.55. The van der Waals surface area contributed by atoms with Crippen LogP contribution in [-0.4, -0.2) is 19.0 Å². The minimum absolute atomic E-state index is 0.204. The summed E-state index contributed by atoms with van der Waals surface area (Å²) in [5.74, 6) is 0.281. The maximum Gasteiger partial charge on any atom is 0.134 e. The number of hydrogen-bond acceptors (Lipinski definition) is 2. The molecule has 2 nitrogen and oxygen atoms in total. The maximum absolute atomic E-state index is 10.9. The van der Waals surface area contributed by atoms with Crippen molar-refractivity contribution in [1.29, 1.82) is 0 Å². The molecular weight excluding hydrogens is 152 g/mol. The quantitative estimate of drug-likeness (QED) is 0.595. The summed E-state index contributed by atoms with van der Waals surface area (Å²) < 4.78 is 5.35. The summed E-state index contributed by atoms with van der Waals surface area (Å²) in [7, 11) is 0. The van der Waals surface area contributed by atoms with Gasteiger partial charge in [0.15, 0.2) is 0 Å². The zero-order valence-electron chi connectivity index (χ0n) is 8.64. The molecule has 0 spiro atoms. The van der Waals surface area contributed by atoms with Crippen molar-refractivity contribution in [2.45, 2.75) is 40.5 Å². The van der Waals surface area contributed by atoms with Crippen molar-refractivity contribution in [2.75, 3.05) is 13.2 Å². The van der Waals surface area contributed by atoms with Gasteiger partial charge < -0.3 is 4.74 Å². The lowest BCUT2D eigenvalue weighted by molar-refractivity contribution is -0.120. The molecule has 0 aliphatic heterocycles. The predicted molar refractivity (Wildman–Crippen MR) is 50.2 cm³/mol. The largest absolute Gasteiger partial charge is 0.380 e. The van der Waals surface area contributed by atoms with Crippen LogP contribution in [0, 0.1) is 5.41 Å². The molecule has 0 aliphatic rings. The zero-order chi connectivity index (χ0) is 9.61. The Morgan fingerprint density at radius 2 is 1.92 bits per heavy atom. The lowest BCUT2D eigenvalue weighted by Gasteiger charge is -2.17. The number of ketones is 1. The van der Waals surface area contributed by atoms with Gasteiger partial charge in [-0.05, 0) is 5.41 Å². The van der Waals surface area contributed by atoms with Gasteiger partial charge >= 0.3 is 0 Å². The van der Waals surface area contributed by atoms with E-state index in [-0.39, 0.29) is 11.2 Å². The van der Waals surface area contributed by atoms with Crippen LogP contribution in [0.4, 0.5) is 0 Å². The second-order valence-corrected chi connectivity index (χ2v) is 4.26. The van der Waals surface area contributed by atoms with Crippen LogP contribution in [0.15, 0.2) is 0 Å². The van der Waals surface area contributed by atoms with Crippen molar-refractivity contribution in [3.05, 3.63) is 0 Å². The molecule has 0 amide bonds. The van der Waals surface area contributed by atoms with Crippen LogP contribution in [0.3, 0.4) is 0 Å². The number of ether oxygens (including phenoxy) is 1. The van der Waals surface area contributed by atoms with E-state index in [4.69, 9.17) is 4.74 Å². The Morgan fingerprint density at radius 1 is 1.33 bits per heavy atom. The minimum Gasteiger partial charge on any atom is -0.380 e. The first-order chi connectivity index (χ1) is 5.45. The second-order valence-electron chi connectivity index (χ2n) is 4.26. The SMILES string of the molecule is CCC(=O)CCOCC(C)(C)C. The van der Waals surface area contributed by atoms with Crippen LogP contribution in [-0.2, 0) is 9.53 Å². The number of rotatable bonds is 5. The van der Waals surface area contributed by atoms with Gasteiger partial charge in [-0.25, -0.2) is 0 Å². The standard InChI is InChI=1S/C10H20O2/c1-5-9(11)6-7-12-8-10(2,3)4/h5-8H2,1-4H3. The third-order valence-corrected chi connectivity index (χ3v) is 1.45. The molecule has 0 aromatic heterocycles. The average Bonchev–Trinajstić information content (AvgIpc) is 1.96. The van der Waals surface area contributed by atoms with Gasteiger partial charge in [-0.15, -0.1) is 0 Å². The number of hydrogen-bond donors (Lipinski definition) is 0. The summed E-state index contributed by atoms with van der Waals surface area (Å²) in [4.78, 5) is 10.9. The minimum atomic E-state index is 0.204. The molecular formula is C10H20O2. The fraction of sp³-hybridized carbons (Fsp3) is 0.900. The monoisotopic (exact) mass is 172 g/mol. The maximum atomic E-state index is 10.9. The van der Waals surface area contributed by atoms with Gasteiger partial charge in [0.2, 0.25) is 0 Å².